The Balaban J connectivity index is 1.84. The van der Waals surface area contributed by atoms with Gasteiger partial charge in [-0.05, 0) is 63.5 Å². The van der Waals surface area contributed by atoms with Crippen molar-refractivity contribution < 1.29 is 16.8 Å². The highest BCUT2D eigenvalue weighted by Crippen LogP contribution is 2.36. The molecular weight excluding hydrogens is 444 g/mol. The minimum atomic E-state index is -3.75. The summed E-state index contributed by atoms with van der Waals surface area (Å²) >= 11 is 0. The molecule has 32 heavy (non-hydrogen) atoms. The number of sulfonamides is 2. The third kappa shape index (κ3) is 3.89. The van der Waals surface area contributed by atoms with E-state index < -0.39 is 20.0 Å². The summed E-state index contributed by atoms with van der Waals surface area (Å²) in [6.45, 7) is 9.07. The fourth-order valence-electron chi connectivity index (χ4n) is 5.23. The zero-order valence-corrected chi connectivity index (χ0v) is 21.0. The van der Waals surface area contributed by atoms with E-state index in [1.54, 1.807) is 45.0 Å². The molecule has 2 fully saturated rings. The molecule has 0 aromatic heterocycles. The normalized spacial score (nSPS) is 28.8. The lowest BCUT2D eigenvalue weighted by atomic mass is 9.94. The molecule has 4 rings (SSSR count). The van der Waals surface area contributed by atoms with E-state index in [0.29, 0.717) is 23.9 Å². The van der Waals surface area contributed by atoms with Gasteiger partial charge in [-0.15, -0.1) is 0 Å². The van der Waals surface area contributed by atoms with Gasteiger partial charge in [0, 0.05) is 35.9 Å². The summed E-state index contributed by atoms with van der Waals surface area (Å²) in [4.78, 5) is 0.376. The van der Waals surface area contributed by atoms with E-state index in [-0.39, 0.29) is 33.7 Å². The number of hydrogen-bond donors (Lipinski definition) is 0. The van der Waals surface area contributed by atoms with Gasteiger partial charge in [0.05, 0.1) is 9.79 Å². The monoisotopic (exact) mass is 478 g/mol. The topological polar surface area (TPSA) is 74.8 Å². The third-order valence-corrected chi connectivity index (χ3v) is 11.7. The van der Waals surface area contributed by atoms with Gasteiger partial charge < -0.3 is 0 Å². The first kappa shape index (κ1) is 23.7. The number of rotatable bonds is 4. The van der Waals surface area contributed by atoms with Gasteiger partial charge in [0.25, 0.3) is 0 Å². The van der Waals surface area contributed by atoms with Crippen LogP contribution < -0.4 is 0 Å². The van der Waals surface area contributed by atoms with Crippen LogP contribution in [0.25, 0.3) is 10.8 Å². The number of fused-ring (bicyclic) bond motifs is 1. The largest absolute Gasteiger partial charge is 0.243 e. The van der Waals surface area contributed by atoms with E-state index in [2.05, 4.69) is 13.8 Å². The maximum Gasteiger partial charge on any atom is 0.243 e. The number of piperidine rings is 2. The van der Waals surface area contributed by atoms with Crippen molar-refractivity contribution >= 4 is 30.8 Å². The molecule has 2 aromatic carbocycles. The molecule has 4 unspecified atom stereocenters. The molecule has 6 nitrogen and oxygen atoms in total. The molecule has 0 aliphatic carbocycles. The minimum Gasteiger partial charge on any atom is -0.207 e. The second-order valence-corrected chi connectivity index (χ2v) is 13.3. The van der Waals surface area contributed by atoms with E-state index in [1.165, 1.54) is 0 Å². The number of hydrogen-bond acceptors (Lipinski definition) is 4. The predicted octanol–water partition coefficient (Wildman–Crippen LogP) is 4.46. The Hall–Kier alpha value is -1.48. The predicted molar refractivity (Wildman–Crippen MR) is 127 cm³/mol. The zero-order valence-electron chi connectivity index (χ0n) is 19.4. The van der Waals surface area contributed by atoms with Crippen LogP contribution in [0.3, 0.4) is 0 Å². The van der Waals surface area contributed by atoms with Gasteiger partial charge >= 0.3 is 0 Å². The van der Waals surface area contributed by atoms with Crippen molar-refractivity contribution in [2.24, 2.45) is 11.8 Å². The van der Waals surface area contributed by atoms with Crippen molar-refractivity contribution in [3.63, 3.8) is 0 Å². The average Bonchev–Trinajstić information content (AvgIpc) is 2.76. The Labute approximate surface area is 192 Å². The van der Waals surface area contributed by atoms with Crippen molar-refractivity contribution in [3.8, 4) is 0 Å². The van der Waals surface area contributed by atoms with Crippen LogP contribution in [0.5, 0.6) is 0 Å². The van der Waals surface area contributed by atoms with Gasteiger partial charge in [0.2, 0.25) is 20.0 Å². The van der Waals surface area contributed by atoms with Gasteiger partial charge in [-0.2, -0.15) is 8.61 Å². The van der Waals surface area contributed by atoms with Gasteiger partial charge in [-0.1, -0.05) is 38.1 Å². The van der Waals surface area contributed by atoms with Crippen LogP contribution in [0.2, 0.25) is 0 Å². The fourth-order valence-corrected chi connectivity index (χ4v) is 9.18. The highest BCUT2D eigenvalue weighted by atomic mass is 32.2. The summed E-state index contributed by atoms with van der Waals surface area (Å²) in [6, 6.07) is 9.79. The maximum absolute atomic E-state index is 13.7. The van der Waals surface area contributed by atoms with E-state index in [4.69, 9.17) is 0 Å². The average molecular weight is 479 g/mol. The van der Waals surface area contributed by atoms with E-state index in [0.717, 1.165) is 25.7 Å². The highest BCUT2D eigenvalue weighted by molar-refractivity contribution is 7.89. The van der Waals surface area contributed by atoms with Crippen LogP contribution in [0.4, 0.5) is 0 Å². The summed E-state index contributed by atoms with van der Waals surface area (Å²) in [6.07, 6.45) is 3.69. The Morgan fingerprint density at radius 2 is 1.03 bits per heavy atom. The van der Waals surface area contributed by atoms with Crippen LogP contribution in [0.1, 0.15) is 53.4 Å². The first-order valence-electron chi connectivity index (χ1n) is 11.6. The Kier molecular flexibility index (Phi) is 6.44. The molecule has 0 saturated carbocycles. The van der Waals surface area contributed by atoms with Crippen molar-refractivity contribution in [3.05, 3.63) is 36.4 Å². The molecule has 2 aromatic rings. The highest BCUT2D eigenvalue weighted by Gasteiger charge is 2.37. The molecule has 0 bridgehead atoms. The van der Waals surface area contributed by atoms with Crippen LogP contribution in [0.15, 0.2) is 46.2 Å². The summed E-state index contributed by atoms with van der Waals surface area (Å²) in [5.41, 5.74) is 0. The molecule has 0 amide bonds. The molecule has 0 radical (unpaired) electrons. The van der Waals surface area contributed by atoms with Crippen molar-refractivity contribution in [2.75, 3.05) is 13.1 Å². The van der Waals surface area contributed by atoms with Crippen LogP contribution >= 0.6 is 0 Å². The van der Waals surface area contributed by atoms with Gasteiger partial charge in [-0.3, -0.25) is 0 Å². The van der Waals surface area contributed by atoms with Crippen molar-refractivity contribution in [2.45, 2.75) is 75.3 Å². The second-order valence-electron chi connectivity index (χ2n) is 9.56. The SMILES string of the molecule is CC1CCCN(S(=O)(=O)c2cccc3c(S(=O)(=O)N4CCCC(C)C4C)cccc23)C1C. The molecule has 0 N–H and O–H groups in total. The van der Waals surface area contributed by atoms with Crippen LogP contribution in [-0.4, -0.2) is 50.6 Å². The molecule has 0 spiro atoms. The summed E-state index contributed by atoms with van der Waals surface area (Å²) < 4.78 is 57.9. The van der Waals surface area contributed by atoms with Crippen molar-refractivity contribution in [1.29, 1.82) is 0 Å². The summed E-state index contributed by atoms with van der Waals surface area (Å²) in [5, 5.41) is 0.938. The molecular formula is C24H34N2O4S2. The molecule has 4 atom stereocenters. The zero-order chi connectivity index (χ0) is 23.3. The lowest BCUT2D eigenvalue weighted by Crippen LogP contribution is -2.46. The van der Waals surface area contributed by atoms with Gasteiger partial charge in [0.1, 0.15) is 0 Å². The first-order valence-corrected chi connectivity index (χ1v) is 14.5. The van der Waals surface area contributed by atoms with Gasteiger partial charge in [-0.25, -0.2) is 16.8 Å². The van der Waals surface area contributed by atoms with E-state index in [9.17, 15) is 16.8 Å². The summed E-state index contributed by atoms with van der Waals surface area (Å²) in [7, 11) is -7.50. The number of benzene rings is 2. The second kappa shape index (κ2) is 8.70. The number of nitrogens with zero attached hydrogens (tertiary/aromatic N) is 2. The Bertz CT molecular complexity index is 1110. The van der Waals surface area contributed by atoms with Crippen molar-refractivity contribution in [1.82, 2.24) is 8.61 Å². The van der Waals surface area contributed by atoms with Gasteiger partial charge in [0.15, 0.2) is 0 Å². The maximum atomic E-state index is 13.7. The summed E-state index contributed by atoms with van der Waals surface area (Å²) in [5.74, 6) is 0.569. The van der Waals surface area contributed by atoms with E-state index in [1.807, 2.05) is 13.8 Å². The lowest BCUT2D eigenvalue weighted by molar-refractivity contribution is 0.202. The fraction of sp³-hybridized carbons (Fsp3) is 0.583. The minimum absolute atomic E-state index is 0.0911. The standard InChI is InChI=1S/C24H34N2O4S2/c1-17-9-7-15-25(19(17)3)31(27,28)23-13-5-12-22-21(23)11-6-14-24(22)32(29,30)26-16-8-10-18(2)20(26)4/h5-6,11-14,17-20H,7-10,15-16H2,1-4H3. The van der Waals surface area contributed by atoms with E-state index >= 15 is 0 Å². The lowest BCUT2D eigenvalue weighted by Gasteiger charge is -2.37. The molecule has 2 saturated heterocycles. The molecule has 176 valence electrons. The quantitative estimate of drug-likeness (QED) is 0.650. The van der Waals surface area contributed by atoms with Crippen LogP contribution in [0, 0.1) is 11.8 Å². The molecule has 2 aliphatic rings. The third-order valence-electron chi connectivity index (χ3n) is 7.65. The first-order chi connectivity index (χ1) is 15.1. The van der Waals surface area contributed by atoms with Crippen LogP contribution in [-0.2, 0) is 20.0 Å². The Morgan fingerprint density at radius 3 is 1.41 bits per heavy atom. The Morgan fingerprint density at radius 1 is 0.656 bits per heavy atom. The molecule has 2 heterocycles. The molecule has 2 aliphatic heterocycles. The smallest absolute Gasteiger partial charge is 0.207 e. The molecule has 8 heteroatoms.